The van der Waals surface area contributed by atoms with Crippen LogP contribution in [0.1, 0.15) is 22.3 Å². The topological polar surface area (TPSA) is 52.9 Å². The van der Waals surface area contributed by atoms with E-state index in [1.807, 2.05) is 43.3 Å². The molecular weight excluding hydrogens is 248 g/mol. The Labute approximate surface area is 118 Å². The van der Waals surface area contributed by atoms with Crippen LogP contribution in [0.3, 0.4) is 0 Å². The zero-order valence-corrected chi connectivity index (χ0v) is 11.4. The molecule has 0 radical (unpaired) electrons. The maximum absolute atomic E-state index is 11.9. The van der Waals surface area contributed by atoms with E-state index in [-0.39, 0.29) is 5.91 Å². The van der Waals surface area contributed by atoms with Crippen molar-refractivity contribution in [2.45, 2.75) is 19.9 Å². The summed E-state index contributed by atoms with van der Waals surface area (Å²) in [6.45, 7) is 2.49. The molecule has 0 saturated carbocycles. The first kappa shape index (κ1) is 13.8. The Bertz CT molecular complexity index is 639. The summed E-state index contributed by atoms with van der Waals surface area (Å²) < 4.78 is 0. The maximum atomic E-state index is 11.9. The minimum atomic E-state index is -0.0000373. The first-order valence-corrected chi connectivity index (χ1v) is 6.48. The fourth-order valence-corrected chi connectivity index (χ4v) is 1.97. The highest BCUT2D eigenvalue weighted by atomic mass is 16.1. The van der Waals surface area contributed by atoms with E-state index in [0.717, 1.165) is 16.7 Å². The van der Waals surface area contributed by atoms with Crippen LogP contribution < -0.4 is 5.32 Å². The Morgan fingerprint density at radius 2 is 1.90 bits per heavy atom. The van der Waals surface area contributed by atoms with Gasteiger partial charge >= 0.3 is 0 Å². The van der Waals surface area contributed by atoms with Crippen molar-refractivity contribution in [1.82, 2.24) is 5.32 Å². The molecule has 0 aliphatic heterocycles. The van der Waals surface area contributed by atoms with Gasteiger partial charge in [0.05, 0.1) is 18.1 Å². The van der Waals surface area contributed by atoms with Crippen molar-refractivity contribution in [3.8, 4) is 6.07 Å². The second-order valence-electron chi connectivity index (χ2n) is 4.75. The van der Waals surface area contributed by atoms with Crippen LogP contribution in [0.5, 0.6) is 0 Å². The van der Waals surface area contributed by atoms with Crippen LogP contribution in [0.15, 0.2) is 48.5 Å². The number of benzene rings is 2. The summed E-state index contributed by atoms with van der Waals surface area (Å²) in [6, 6.07) is 17.2. The minimum Gasteiger partial charge on any atom is -0.352 e. The van der Waals surface area contributed by atoms with Crippen molar-refractivity contribution in [2.75, 3.05) is 0 Å². The molecule has 3 heteroatoms. The molecule has 100 valence electrons. The highest BCUT2D eigenvalue weighted by Crippen LogP contribution is 2.06. The van der Waals surface area contributed by atoms with Gasteiger partial charge < -0.3 is 5.32 Å². The molecule has 1 N–H and O–H groups in total. The number of nitrogens with zero attached hydrogens (tertiary/aromatic N) is 1. The smallest absolute Gasteiger partial charge is 0.224 e. The van der Waals surface area contributed by atoms with Crippen LogP contribution in [0.2, 0.25) is 0 Å². The van der Waals surface area contributed by atoms with Gasteiger partial charge in [0.1, 0.15) is 0 Å². The van der Waals surface area contributed by atoms with Gasteiger partial charge in [-0.2, -0.15) is 5.26 Å². The summed E-state index contributed by atoms with van der Waals surface area (Å²) in [6.07, 6.45) is 0.387. The number of aryl methyl sites for hydroxylation is 1. The summed E-state index contributed by atoms with van der Waals surface area (Å²) in [5.74, 6) is -0.0000373. The SMILES string of the molecule is Cc1cccc(CC(=O)NCc2ccc(C#N)cc2)c1. The van der Waals surface area contributed by atoms with Gasteiger partial charge in [-0.1, -0.05) is 42.0 Å². The van der Waals surface area contributed by atoms with E-state index in [4.69, 9.17) is 5.26 Å². The van der Waals surface area contributed by atoms with Crippen LogP contribution in [0, 0.1) is 18.3 Å². The highest BCUT2D eigenvalue weighted by molar-refractivity contribution is 5.78. The second kappa shape index (κ2) is 6.53. The van der Waals surface area contributed by atoms with Gasteiger partial charge in [0, 0.05) is 6.54 Å². The molecule has 0 saturated heterocycles. The van der Waals surface area contributed by atoms with Crippen molar-refractivity contribution in [3.05, 3.63) is 70.8 Å². The fraction of sp³-hybridized carbons (Fsp3) is 0.176. The molecule has 3 nitrogen and oxygen atoms in total. The molecule has 2 aromatic rings. The van der Waals surface area contributed by atoms with Crippen molar-refractivity contribution >= 4 is 5.91 Å². The number of nitrogens with one attached hydrogen (secondary N) is 1. The third-order valence-electron chi connectivity index (χ3n) is 3.02. The molecular formula is C17H16N2O. The first-order valence-electron chi connectivity index (χ1n) is 6.48. The standard InChI is InChI=1S/C17H16N2O/c1-13-3-2-4-16(9-13)10-17(20)19-12-15-7-5-14(11-18)6-8-15/h2-9H,10,12H2,1H3,(H,19,20). The largest absolute Gasteiger partial charge is 0.352 e. The van der Waals surface area contributed by atoms with E-state index in [2.05, 4.69) is 11.4 Å². The van der Waals surface area contributed by atoms with Gasteiger partial charge in [-0.3, -0.25) is 4.79 Å². The zero-order valence-electron chi connectivity index (χ0n) is 11.4. The van der Waals surface area contributed by atoms with Crippen molar-refractivity contribution in [2.24, 2.45) is 0 Å². The van der Waals surface area contributed by atoms with Gasteiger partial charge in [0.2, 0.25) is 5.91 Å². The molecule has 0 atom stereocenters. The molecule has 0 aromatic heterocycles. The molecule has 1 amide bonds. The molecule has 0 unspecified atom stereocenters. The second-order valence-corrected chi connectivity index (χ2v) is 4.75. The molecule has 20 heavy (non-hydrogen) atoms. The Morgan fingerprint density at radius 3 is 2.55 bits per heavy atom. The van der Waals surface area contributed by atoms with Crippen LogP contribution in [0.4, 0.5) is 0 Å². The first-order chi connectivity index (χ1) is 9.67. The summed E-state index contributed by atoms with van der Waals surface area (Å²) in [5.41, 5.74) is 3.78. The molecule has 0 heterocycles. The molecule has 0 bridgehead atoms. The Balaban J connectivity index is 1.87. The number of hydrogen-bond acceptors (Lipinski definition) is 2. The predicted octanol–water partition coefficient (Wildman–Crippen LogP) is 2.73. The number of rotatable bonds is 4. The summed E-state index contributed by atoms with van der Waals surface area (Å²) in [5, 5.41) is 11.6. The Kier molecular flexibility index (Phi) is 4.52. The maximum Gasteiger partial charge on any atom is 0.224 e. The number of carbonyl (C=O) groups is 1. The van der Waals surface area contributed by atoms with E-state index < -0.39 is 0 Å². The number of amides is 1. The molecule has 2 rings (SSSR count). The van der Waals surface area contributed by atoms with Gasteiger partial charge in [-0.15, -0.1) is 0 Å². The number of carbonyl (C=O) groups excluding carboxylic acids is 1. The monoisotopic (exact) mass is 264 g/mol. The van der Waals surface area contributed by atoms with E-state index in [9.17, 15) is 4.79 Å². The summed E-state index contributed by atoms with van der Waals surface area (Å²) in [7, 11) is 0. The zero-order chi connectivity index (χ0) is 14.4. The van der Waals surface area contributed by atoms with E-state index in [1.54, 1.807) is 12.1 Å². The number of nitriles is 1. The van der Waals surface area contributed by atoms with Crippen LogP contribution >= 0.6 is 0 Å². The number of hydrogen-bond donors (Lipinski definition) is 1. The average Bonchev–Trinajstić information content (AvgIpc) is 2.46. The Morgan fingerprint density at radius 1 is 1.15 bits per heavy atom. The third-order valence-corrected chi connectivity index (χ3v) is 3.02. The van der Waals surface area contributed by atoms with Gasteiger partial charge in [0.25, 0.3) is 0 Å². The summed E-state index contributed by atoms with van der Waals surface area (Å²) >= 11 is 0. The fourth-order valence-electron chi connectivity index (χ4n) is 1.97. The molecule has 2 aromatic carbocycles. The quantitative estimate of drug-likeness (QED) is 0.923. The van der Waals surface area contributed by atoms with Gasteiger partial charge in [-0.05, 0) is 30.2 Å². The highest BCUT2D eigenvalue weighted by Gasteiger charge is 2.03. The lowest BCUT2D eigenvalue weighted by atomic mass is 10.1. The van der Waals surface area contributed by atoms with Gasteiger partial charge in [-0.25, -0.2) is 0 Å². The van der Waals surface area contributed by atoms with Gasteiger partial charge in [0.15, 0.2) is 0 Å². The van der Waals surface area contributed by atoms with Crippen molar-refractivity contribution in [1.29, 1.82) is 5.26 Å². The van der Waals surface area contributed by atoms with Crippen molar-refractivity contribution < 1.29 is 4.79 Å². The predicted molar refractivity (Wildman–Crippen MR) is 77.9 cm³/mol. The van der Waals surface area contributed by atoms with Crippen LogP contribution in [0.25, 0.3) is 0 Å². The molecule has 0 aliphatic rings. The Hall–Kier alpha value is -2.60. The average molecular weight is 264 g/mol. The lowest BCUT2D eigenvalue weighted by Crippen LogP contribution is -2.24. The van der Waals surface area contributed by atoms with E-state index >= 15 is 0 Å². The van der Waals surface area contributed by atoms with Crippen molar-refractivity contribution in [3.63, 3.8) is 0 Å². The van der Waals surface area contributed by atoms with Crippen LogP contribution in [-0.2, 0) is 17.8 Å². The van der Waals surface area contributed by atoms with Crippen LogP contribution in [-0.4, -0.2) is 5.91 Å². The summed E-state index contributed by atoms with van der Waals surface area (Å²) in [4.78, 5) is 11.9. The lowest BCUT2D eigenvalue weighted by Gasteiger charge is -2.06. The van der Waals surface area contributed by atoms with E-state index in [0.29, 0.717) is 18.5 Å². The molecule has 0 aliphatic carbocycles. The molecule has 0 spiro atoms. The van der Waals surface area contributed by atoms with E-state index in [1.165, 1.54) is 0 Å². The minimum absolute atomic E-state index is 0.0000373. The molecule has 0 fully saturated rings. The third kappa shape index (κ3) is 3.96. The normalized spacial score (nSPS) is 9.80. The lowest BCUT2D eigenvalue weighted by molar-refractivity contribution is -0.120.